The second-order valence-corrected chi connectivity index (χ2v) is 23.5. The molecule has 0 fully saturated rings. The summed E-state index contributed by atoms with van der Waals surface area (Å²) in [6, 6.07) is 0. The predicted molar refractivity (Wildman–Crippen MR) is 282 cm³/mol. The van der Waals surface area contributed by atoms with E-state index in [0.29, 0.717) is 76.2 Å². The molecule has 0 bridgehead atoms. The Labute approximate surface area is 436 Å². The van der Waals surface area contributed by atoms with Gasteiger partial charge in [-0.2, -0.15) is 33.7 Å². The van der Waals surface area contributed by atoms with Crippen LogP contribution in [0.15, 0.2) is 23.8 Å². The standard InChI is InChI=1S/C50H96O18S4/c1-3-5-7-26-36-46(65-69(53,54)55)38-28-18-11-9-12-19-30-40-48(67-71(59,60)61)41-31-23-25-35-45(44-51)34-24-17-15-16-21-32-42-49(52)50(68-72(62,63)64)43-33-22-14-10-13-20-29-39-47(66-70(56,57)58)37-27-8-6-4-2/h16,21,34,44,46-50,52H,3-15,17-20,22-33,35-43H2,1-2H3,(H,53,54,55)(H,56,57,58)(H,59,60,61)(H,62,63,64)/b21-16+,45-34+/t46-,47+,48-,49+,50-/m1/s1. The predicted octanol–water partition coefficient (Wildman–Crippen LogP) is 12.6. The van der Waals surface area contributed by atoms with Gasteiger partial charge in [0.1, 0.15) is 12.4 Å². The van der Waals surface area contributed by atoms with Gasteiger partial charge in [0.25, 0.3) is 0 Å². The highest BCUT2D eigenvalue weighted by Gasteiger charge is 2.25. The van der Waals surface area contributed by atoms with E-state index in [-0.39, 0.29) is 12.8 Å². The van der Waals surface area contributed by atoms with Gasteiger partial charge in [0.2, 0.25) is 0 Å². The molecule has 5 N–H and O–H groups in total. The van der Waals surface area contributed by atoms with Crippen molar-refractivity contribution < 1.29 is 78.5 Å². The number of allylic oxidation sites excluding steroid dienone is 4. The first kappa shape index (κ1) is 70.6. The number of aliphatic hydroxyl groups excluding tert-OH is 1. The maximum atomic E-state index is 11.7. The zero-order valence-electron chi connectivity index (χ0n) is 43.7. The maximum absolute atomic E-state index is 11.7. The van der Waals surface area contributed by atoms with Crippen molar-refractivity contribution in [2.45, 2.75) is 288 Å². The molecular weight excluding hydrogens is 1020 g/mol. The molecule has 0 aliphatic heterocycles. The summed E-state index contributed by atoms with van der Waals surface area (Å²) in [6.07, 6.45) is 31.7. The number of hydrogen-bond donors (Lipinski definition) is 5. The summed E-state index contributed by atoms with van der Waals surface area (Å²) in [5, 5.41) is 10.7. The SMILES string of the molecule is CCCCCC[C@H](CCCCCCCCC[C@H](CCCCC/C(C=O)=C\CCC/C=C/CC[C@H](O)[C@@H](CCCCCCCCC[C@H](CCCCCC)OS(=O)(=O)O)OS(=O)(=O)O)OS(=O)(=O)O)OS(=O)(=O)O. The number of carbonyl (C=O) groups is 1. The van der Waals surface area contributed by atoms with E-state index in [4.69, 9.17) is 25.8 Å². The summed E-state index contributed by atoms with van der Waals surface area (Å²) >= 11 is 0. The van der Waals surface area contributed by atoms with Crippen LogP contribution in [-0.4, -0.2) is 93.8 Å². The fourth-order valence-electron chi connectivity index (χ4n) is 8.82. The van der Waals surface area contributed by atoms with Gasteiger partial charge in [-0.25, -0.2) is 16.7 Å². The van der Waals surface area contributed by atoms with Crippen LogP contribution in [0.25, 0.3) is 0 Å². The van der Waals surface area contributed by atoms with Gasteiger partial charge in [0.15, 0.2) is 0 Å². The lowest BCUT2D eigenvalue weighted by Crippen LogP contribution is -2.31. The van der Waals surface area contributed by atoms with Gasteiger partial charge in [-0.15, -0.1) is 0 Å². The molecule has 0 saturated heterocycles. The minimum Gasteiger partial charge on any atom is -0.390 e. The molecule has 72 heavy (non-hydrogen) atoms. The first-order valence-corrected chi connectivity index (χ1v) is 32.6. The van der Waals surface area contributed by atoms with Gasteiger partial charge in [-0.3, -0.25) is 23.0 Å². The lowest BCUT2D eigenvalue weighted by Gasteiger charge is -2.21. The third-order valence-electron chi connectivity index (χ3n) is 12.7. The molecular formula is C50H96O18S4. The smallest absolute Gasteiger partial charge is 0.390 e. The molecule has 0 rings (SSSR count). The fourth-order valence-corrected chi connectivity index (χ4v) is 11.0. The third-order valence-corrected chi connectivity index (χ3v) is 14.7. The highest BCUT2D eigenvalue weighted by molar-refractivity contribution is 7.81. The number of hydrogen-bond acceptors (Lipinski definition) is 14. The van der Waals surface area contributed by atoms with Crippen LogP contribution in [0.3, 0.4) is 0 Å². The Morgan fingerprint density at radius 1 is 0.389 bits per heavy atom. The van der Waals surface area contributed by atoms with Crippen molar-refractivity contribution in [2.75, 3.05) is 0 Å². The lowest BCUT2D eigenvalue weighted by molar-refractivity contribution is -0.105. The molecule has 0 saturated carbocycles. The average Bonchev–Trinajstić information content (AvgIpc) is 3.28. The molecule has 0 aromatic carbocycles. The molecule has 0 aliphatic carbocycles. The van der Waals surface area contributed by atoms with E-state index in [9.17, 15) is 52.7 Å². The van der Waals surface area contributed by atoms with Crippen LogP contribution in [0.1, 0.15) is 258 Å². The number of carbonyl (C=O) groups excluding carboxylic acids is 1. The van der Waals surface area contributed by atoms with Gasteiger partial charge in [-0.05, 0) is 95.5 Å². The van der Waals surface area contributed by atoms with Gasteiger partial charge >= 0.3 is 41.6 Å². The molecule has 0 aromatic rings. The van der Waals surface area contributed by atoms with Crippen LogP contribution >= 0.6 is 0 Å². The number of aldehydes is 1. The van der Waals surface area contributed by atoms with Crippen molar-refractivity contribution in [2.24, 2.45) is 0 Å². The molecule has 0 aromatic heterocycles. The van der Waals surface area contributed by atoms with E-state index in [1.54, 1.807) is 0 Å². The van der Waals surface area contributed by atoms with Crippen molar-refractivity contribution in [1.82, 2.24) is 0 Å². The summed E-state index contributed by atoms with van der Waals surface area (Å²) in [5.41, 5.74) is 0.690. The minimum atomic E-state index is -4.76. The van der Waals surface area contributed by atoms with E-state index < -0.39 is 72.1 Å². The van der Waals surface area contributed by atoms with E-state index in [1.165, 1.54) is 0 Å². The zero-order chi connectivity index (χ0) is 54.0. The van der Waals surface area contributed by atoms with Crippen LogP contribution in [-0.2, 0) is 63.1 Å². The Hall–Kier alpha value is -1.41. The van der Waals surface area contributed by atoms with Crippen molar-refractivity contribution >= 4 is 47.9 Å². The van der Waals surface area contributed by atoms with Crippen molar-refractivity contribution in [3.8, 4) is 0 Å². The first-order chi connectivity index (χ1) is 34.1. The van der Waals surface area contributed by atoms with Crippen LogP contribution < -0.4 is 0 Å². The Morgan fingerprint density at radius 2 is 0.708 bits per heavy atom. The number of rotatable bonds is 53. The second kappa shape index (κ2) is 43.7. The molecule has 0 aliphatic rings. The summed E-state index contributed by atoms with van der Waals surface area (Å²) in [4.78, 5) is 11.7. The van der Waals surface area contributed by atoms with Gasteiger partial charge in [0, 0.05) is 0 Å². The summed E-state index contributed by atoms with van der Waals surface area (Å²) in [5.74, 6) is 0. The van der Waals surface area contributed by atoms with E-state index in [1.807, 2.05) is 18.2 Å². The van der Waals surface area contributed by atoms with Crippen molar-refractivity contribution in [3.63, 3.8) is 0 Å². The highest BCUT2D eigenvalue weighted by Crippen LogP contribution is 2.23. The minimum absolute atomic E-state index is 0.237. The molecule has 18 nitrogen and oxygen atoms in total. The van der Waals surface area contributed by atoms with Gasteiger partial charge < -0.3 is 5.11 Å². The largest absolute Gasteiger partial charge is 0.397 e. The molecule has 5 atom stereocenters. The lowest BCUT2D eigenvalue weighted by atomic mass is 10.00. The highest BCUT2D eigenvalue weighted by atomic mass is 32.3. The van der Waals surface area contributed by atoms with Crippen LogP contribution in [0.5, 0.6) is 0 Å². The number of aliphatic hydroxyl groups is 1. The molecule has 0 radical (unpaired) electrons. The Kier molecular flexibility index (Phi) is 42.8. The van der Waals surface area contributed by atoms with Crippen LogP contribution in [0.2, 0.25) is 0 Å². The van der Waals surface area contributed by atoms with Gasteiger partial charge in [-0.1, -0.05) is 186 Å². The Morgan fingerprint density at radius 3 is 1.06 bits per heavy atom. The first-order valence-electron chi connectivity index (χ1n) is 27.2. The Balaban J connectivity index is 4.44. The van der Waals surface area contributed by atoms with E-state index >= 15 is 0 Å². The van der Waals surface area contributed by atoms with Crippen LogP contribution in [0, 0.1) is 0 Å². The van der Waals surface area contributed by atoms with Crippen molar-refractivity contribution in [3.05, 3.63) is 23.8 Å². The monoisotopic (exact) mass is 1110 g/mol. The third kappa shape index (κ3) is 49.5. The molecule has 0 heterocycles. The number of unbranched alkanes of at least 4 members (excludes halogenated alkanes) is 22. The van der Waals surface area contributed by atoms with Crippen molar-refractivity contribution in [1.29, 1.82) is 0 Å². The second-order valence-electron chi connectivity index (χ2n) is 19.3. The van der Waals surface area contributed by atoms with Gasteiger partial charge in [0.05, 0.1) is 24.4 Å². The quantitative estimate of drug-likeness (QED) is 0.0124. The molecule has 0 amide bonds. The molecule has 0 unspecified atom stereocenters. The zero-order valence-corrected chi connectivity index (χ0v) is 47.0. The maximum Gasteiger partial charge on any atom is 0.397 e. The summed E-state index contributed by atoms with van der Waals surface area (Å²) in [7, 11) is -18.4. The summed E-state index contributed by atoms with van der Waals surface area (Å²) < 4.78 is 147. The molecule has 0 spiro atoms. The topological polar surface area (TPSA) is 292 Å². The van der Waals surface area contributed by atoms with Crippen LogP contribution in [0.4, 0.5) is 0 Å². The molecule has 22 heteroatoms. The summed E-state index contributed by atoms with van der Waals surface area (Å²) in [6.45, 7) is 4.19. The normalized spacial score (nSPS) is 15.2. The molecule has 428 valence electrons. The fraction of sp³-hybridized carbons (Fsp3) is 0.900. The average molecular weight is 1110 g/mol. The Bertz CT molecular complexity index is 1840. The van der Waals surface area contributed by atoms with E-state index in [0.717, 1.165) is 167 Å². The van der Waals surface area contributed by atoms with E-state index in [2.05, 4.69) is 13.8 Å².